The lowest BCUT2D eigenvalue weighted by molar-refractivity contribution is -0.0726. The Kier molecular flexibility index (Phi) is 17.5. The number of hydrogen-bond donors (Lipinski definition) is 1. The Morgan fingerprint density at radius 3 is 1.51 bits per heavy atom. The van der Waals surface area contributed by atoms with E-state index in [0.29, 0.717) is 6.61 Å². The SMILES string of the molecule is CCCC[Si](C)(C)OC(CC)(CC)[Si](C)(C)OC(CC)(CC)[Si](C)(C)CCCC(C)(CC)OCCC(O)(CC)CC. The van der Waals surface area contributed by atoms with Crippen LogP contribution in [0.5, 0.6) is 0 Å². The zero-order valence-corrected chi connectivity index (χ0v) is 33.8. The lowest BCUT2D eigenvalue weighted by Crippen LogP contribution is -2.68. The summed E-state index contributed by atoms with van der Waals surface area (Å²) in [6.07, 6.45) is 12.2. The summed E-state index contributed by atoms with van der Waals surface area (Å²) in [7, 11) is -5.83. The van der Waals surface area contributed by atoms with E-state index in [2.05, 4.69) is 102 Å². The van der Waals surface area contributed by atoms with E-state index in [-0.39, 0.29) is 16.0 Å². The topological polar surface area (TPSA) is 47.9 Å². The van der Waals surface area contributed by atoms with Crippen LogP contribution in [0.1, 0.15) is 139 Å². The Bertz CT molecular complexity index is 713. The quantitative estimate of drug-likeness (QED) is 0.108. The number of ether oxygens (including phenoxy) is 1. The van der Waals surface area contributed by atoms with Crippen LogP contribution in [-0.4, -0.2) is 58.1 Å². The van der Waals surface area contributed by atoms with Crippen molar-refractivity contribution in [2.75, 3.05) is 6.61 Å². The molecule has 0 bridgehead atoms. The van der Waals surface area contributed by atoms with Gasteiger partial charge >= 0.3 is 0 Å². The van der Waals surface area contributed by atoms with Crippen molar-refractivity contribution in [2.24, 2.45) is 0 Å². The van der Waals surface area contributed by atoms with Gasteiger partial charge in [0.15, 0.2) is 8.32 Å². The fraction of sp³-hybridized carbons (Fsp3) is 1.00. The summed E-state index contributed by atoms with van der Waals surface area (Å²) in [5, 5.41) is 10.5. The van der Waals surface area contributed by atoms with Crippen molar-refractivity contribution in [1.29, 1.82) is 0 Å². The van der Waals surface area contributed by atoms with Gasteiger partial charge in [0.25, 0.3) is 0 Å². The Morgan fingerprint density at radius 2 is 1.10 bits per heavy atom. The van der Waals surface area contributed by atoms with Crippen molar-refractivity contribution >= 4 is 24.7 Å². The zero-order valence-electron chi connectivity index (χ0n) is 30.8. The van der Waals surface area contributed by atoms with E-state index in [0.717, 1.165) is 57.8 Å². The molecule has 0 aromatic rings. The van der Waals surface area contributed by atoms with Gasteiger partial charge in [0.05, 0.1) is 31.1 Å². The van der Waals surface area contributed by atoms with Crippen LogP contribution in [0.15, 0.2) is 0 Å². The van der Waals surface area contributed by atoms with Crippen LogP contribution in [0.2, 0.25) is 51.4 Å². The molecular formula is C34H76O4Si3. The third-order valence-electron chi connectivity index (χ3n) is 11.3. The van der Waals surface area contributed by atoms with E-state index in [1.165, 1.54) is 31.4 Å². The molecule has 0 rings (SSSR count). The van der Waals surface area contributed by atoms with Crippen LogP contribution in [0.3, 0.4) is 0 Å². The second-order valence-corrected chi connectivity index (χ2v) is 28.6. The van der Waals surface area contributed by atoms with Crippen LogP contribution in [0.4, 0.5) is 0 Å². The van der Waals surface area contributed by atoms with Crippen LogP contribution in [-0.2, 0) is 13.6 Å². The number of unbranched alkanes of at least 4 members (excludes halogenated alkanes) is 1. The molecule has 248 valence electrons. The van der Waals surface area contributed by atoms with Gasteiger partial charge in [-0.15, -0.1) is 0 Å². The Morgan fingerprint density at radius 1 is 0.585 bits per heavy atom. The third kappa shape index (κ3) is 11.4. The van der Waals surface area contributed by atoms with Gasteiger partial charge in [0.2, 0.25) is 8.32 Å². The summed E-state index contributed by atoms with van der Waals surface area (Å²) in [5.41, 5.74) is -0.728. The van der Waals surface area contributed by atoms with E-state index in [9.17, 15) is 5.11 Å². The number of aliphatic hydroxyl groups is 1. The molecule has 41 heavy (non-hydrogen) atoms. The summed E-state index contributed by atoms with van der Waals surface area (Å²) in [6, 6.07) is 2.48. The maximum Gasteiger partial charge on any atom is 0.217 e. The molecule has 1 unspecified atom stereocenters. The molecule has 0 aliphatic carbocycles. The molecule has 0 aromatic carbocycles. The van der Waals surface area contributed by atoms with Crippen molar-refractivity contribution in [3.8, 4) is 0 Å². The smallest absolute Gasteiger partial charge is 0.217 e. The molecule has 7 heteroatoms. The zero-order chi connectivity index (χ0) is 32.2. The Balaban J connectivity index is 5.82. The largest absolute Gasteiger partial charge is 0.412 e. The van der Waals surface area contributed by atoms with Gasteiger partial charge in [-0.3, -0.25) is 0 Å². The van der Waals surface area contributed by atoms with Gasteiger partial charge in [-0.05, 0) is 96.9 Å². The minimum absolute atomic E-state index is 0.0427. The number of hydrogen-bond acceptors (Lipinski definition) is 4. The highest BCUT2D eigenvalue weighted by molar-refractivity contribution is 6.83. The molecule has 0 saturated heterocycles. The second-order valence-electron chi connectivity index (χ2n) is 15.1. The first-order valence-corrected chi connectivity index (χ1v) is 26.8. The molecule has 0 fully saturated rings. The van der Waals surface area contributed by atoms with Crippen LogP contribution >= 0.6 is 0 Å². The fourth-order valence-electron chi connectivity index (χ4n) is 7.20. The summed E-state index contributed by atoms with van der Waals surface area (Å²) >= 11 is 0. The molecule has 0 spiro atoms. The minimum atomic E-state index is -2.25. The molecule has 0 amide bonds. The van der Waals surface area contributed by atoms with Crippen molar-refractivity contribution in [2.45, 2.75) is 212 Å². The highest BCUT2D eigenvalue weighted by Gasteiger charge is 2.56. The van der Waals surface area contributed by atoms with E-state index < -0.39 is 30.3 Å². The summed E-state index contributed by atoms with van der Waals surface area (Å²) in [4.78, 5) is 0. The minimum Gasteiger partial charge on any atom is -0.412 e. The molecule has 0 radical (unpaired) electrons. The predicted octanol–water partition coefficient (Wildman–Crippen LogP) is 11.0. The van der Waals surface area contributed by atoms with Crippen LogP contribution in [0.25, 0.3) is 0 Å². The first-order chi connectivity index (χ1) is 18.8. The van der Waals surface area contributed by atoms with Gasteiger partial charge in [-0.25, -0.2) is 0 Å². The average Bonchev–Trinajstić information content (AvgIpc) is 2.93. The Labute approximate surface area is 261 Å². The van der Waals surface area contributed by atoms with Gasteiger partial charge < -0.3 is 18.7 Å². The monoisotopic (exact) mass is 633 g/mol. The number of rotatable bonds is 24. The maximum absolute atomic E-state index is 10.7. The van der Waals surface area contributed by atoms with E-state index >= 15 is 0 Å². The van der Waals surface area contributed by atoms with Crippen molar-refractivity contribution in [3.05, 3.63) is 0 Å². The molecule has 0 aliphatic heterocycles. The van der Waals surface area contributed by atoms with E-state index in [1.54, 1.807) is 0 Å². The van der Waals surface area contributed by atoms with Gasteiger partial charge in [0.1, 0.15) is 0 Å². The molecular weight excluding hydrogens is 557 g/mol. The van der Waals surface area contributed by atoms with E-state index in [1.807, 2.05) is 0 Å². The molecule has 0 heterocycles. The highest BCUT2D eigenvalue weighted by atomic mass is 28.4. The van der Waals surface area contributed by atoms with Gasteiger partial charge in [0, 0.05) is 5.22 Å². The average molecular weight is 633 g/mol. The standard InChI is InChI=1S/C34H76O4Si3/c1-16-24-30-40(12,13)37-34(22-7,23-8)41(14,15)38-33(20-5,21-6)39(10,11)29-25-26-31(9,17-2)36-28-27-32(35,18-3)19-4/h35H,16-30H2,1-15H3. The molecule has 0 aliphatic rings. The summed E-state index contributed by atoms with van der Waals surface area (Å²) < 4.78 is 21.5. The molecule has 1 atom stereocenters. The fourth-order valence-corrected chi connectivity index (χ4v) is 20.1. The van der Waals surface area contributed by atoms with Crippen LogP contribution in [0, 0.1) is 0 Å². The van der Waals surface area contributed by atoms with Gasteiger partial charge in [-0.2, -0.15) is 0 Å². The first kappa shape index (κ1) is 41.5. The Hall–Kier alpha value is 0.491. The van der Waals surface area contributed by atoms with Crippen LogP contribution < -0.4 is 0 Å². The van der Waals surface area contributed by atoms with Crippen molar-refractivity contribution in [3.63, 3.8) is 0 Å². The third-order valence-corrected chi connectivity index (χ3v) is 23.0. The summed E-state index contributed by atoms with van der Waals surface area (Å²) in [6.45, 7) is 35.9. The van der Waals surface area contributed by atoms with Crippen molar-refractivity contribution in [1.82, 2.24) is 0 Å². The molecule has 0 aromatic heterocycles. The molecule has 1 N–H and O–H groups in total. The molecule has 0 saturated carbocycles. The predicted molar refractivity (Wildman–Crippen MR) is 190 cm³/mol. The highest BCUT2D eigenvalue weighted by Crippen LogP contribution is 2.45. The lowest BCUT2D eigenvalue weighted by Gasteiger charge is -2.55. The van der Waals surface area contributed by atoms with Crippen molar-refractivity contribution < 1.29 is 18.7 Å². The second kappa shape index (κ2) is 17.3. The first-order valence-electron chi connectivity index (χ1n) is 17.6. The lowest BCUT2D eigenvalue weighted by atomic mass is 9.93. The van der Waals surface area contributed by atoms with Gasteiger partial charge in [-0.1, -0.05) is 93.8 Å². The van der Waals surface area contributed by atoms with E-state index in [4.69, 9.17) is 13.6 Å². The summed E-state index contributed by atoms with van der Waals surface area (Å²) in [5.74, 6) is 0. The molecule has 4 nitrogen and oxygen atoms in total. The normalized spacial score (nSPS) is 15.8. The maximum atomic E-state index is 10.7.